The van der Waals surface area contributed by atoms with Crippen molar-refractivity contribution < 1.29 is 4.74 Å². The van der Waals surface area contributed by atoms with Crippen molar-refractivity contribution in [2.75, 3.05) is 24.2 Å². The smallest absolute Gasteiger partial charge is 0.208 e. The van der Waals surface area contributed by atoms with E-state index >= 15 is 0 Å². The van der Waals surface area contributed by atoms with Crippen LogP contribution in [0.3, 0.4) is 0 Å². The number of benzene rings is 1. The summed E-state index contributed by atoms with van der Waals surface area (Å²) >= 11 is 0. The molecule has 1 aromatic carbocycles. The third kappa shape index (κ3) is 4.47. The molecule has 0 saturated heterocycles. The Morgan fingerprint density at radius 3 is 2.65 bits per heavy atom. The van der Waals surface area contributed by atoms with Crippen LogP contribution >= 0.6 is 0 Å². The summed E-state index contributed by atoms with van der Waals surface area (Å²) in [6.45, 7) is 1.56. The maximum absolute atomic E-state index is 10.7. The first-order valence-electron chi connectivity index (χ1n) is 7.61. The van der Waals surface area contributed by atoms with Crippen LogP contribution in [0.25, 0.3) is 0 Å². The van der Waals surface area contributed by atoms with Crippen molar-refractivity contribution in [3.8, 4) is 0 Å². The van der Waals surface area contributed by atoms with E-state index in [1.807, 2.05) is 0 Å². The van der Waals surface area contributed by atoms with Gasteiger partial charge >= 0.3 is 0 Å². The van der Waals surface area contributed by atoms with Crippen molar-refractivity contribution in [2.45, 2.75) is 6.92 Å². The van der Waals surface area contributed by atoms with Gasteiger partial charge in [-0.05, 0) is 35.5 Å². The Morgan fingerprint density at radius 2 is 2.00 bits per heavy atom. The minimum absolute atomic E-state index is 0.0639. The van der Waals surface area contributed by atoms with E-state index in [0.29, 0.717) is 22.6 Å². The molecule has 5 N–H and O–H groups in total. The number of likely N-dealkylation sites (N-methyl/N-ethyl adjacent to an activating group) is 1. The zero-order valence-corrected chi connectivity index (χ0v) is 14.4. The van der Waals surface area contributed by atoms with Gasteiger partial charge in [-0.15, -0.1) is 4.91 Å². The lowest BCUT2D eigenvalue weighted by Gasteiger charge is -2.19. The van der Waals surface area contributed by atoms with Crippen molar-refractivity contribution in [1.82, 2.24) is 4.98 Å². The molecule has 0 spiro atoms. The lowest BCUT2D eigenvalue weighted by molar-refractivity contribution is 0.517. The molecule has 0 saturated carbocycles. The summed E-state index contributed by atoms with van der Waals surface area (Å²) in [6.07, 6.45) is 1.54. The van der Waals surface area contributed by atoms with Crippen molar-refractivity contribution >= 4 is 34.7 Å². The molecule has 0 aliphatic rings. The van der Waals surface area contributed by atoms with Crippen LogP contribution in [0.15, 0.2) is 41.7 Å². The van der Waals surface area contributed by atoms with Crippen molar-refractivity contribution in [1.29, 1.82) is 16.2 Å². The highest BCUT2D eigenvalue weighted by atomic mass is 16.5. The highest BCUT2D eigenvalue weighted by Gasteiger charge is 2.13. The van der Waals surface area contributed by atoms with E-state index in [1.54, 1.807) is 30.3 Å². The molecule has 26 heavy (non-hydrogen) atoms. The van der Waals surface area contributed by atoms with Gasteiger partial charge in [-0.25, -0.2) is 4.98 Å². The molecule has 9 nitrogen and oxygen atoms in total. The molecule has 2 aromatic rings. The number of hydrogen-bond acceptors (Lipinski definition) is 9. The number of pyridine rings is 1. The fraction of sp³-hybridized carbons (Fsp3) is 0.176. The van der Waals surface area contributed by atoms with E-state index < -0.39 is 0 Å². The third-order valence-corrected chi connectivity index (χ3v) is 3.49. The first kappa shape index (κ1) is 18.7. The first-order valence-corrected chi connectivity index (χ1v) is 7.61. The summed E-state index contributed by atoms with van der Waals surface area (Å²) in [4.78, 5) is 16.6. The van der Waals surface area contributed by atoms with Crippen LogP contribution in [-0.2, 0) is 4.74 Å². The Kier molecular flexibility index (Phi) is 5.74. The van der Waals surface area contributed by atoms with Crippen LogP contribution in [0.2, 0.25) is 0 Å². The van der Waals surface area contributed by atoms with E-state index in [9.17, 15) is 4.91 Å². The first-order chi connectivity index (χ1) is 12.3. The number of nitrogen functional groups attached to an aromatic ring is 1. The summed E-state index contributed by atoms with van der Waals surface area (Å²) in [5, 5.41) is 26.2. The van der Waals surface area contributed by atoms with Crippen molar-refractivity contribution in [2.24, 2.45) is 5.18 Å². The number of nitrogens with one attached hydrogen (secondary N) is 3. The summed E-state index contributed by atoms with van der Waals surface area (Å²) < 4.78 is 4.93. The number of hydrogen-bond donors (Lipinski definition) is 4. The molecule has 0 aliphatic carbocycles. The molecule has 1 heterocycles. The maximum atomic E-state index is 10.7. The van der Waals surface area contributed by atoms with Crippen LogP contribution in [0.1, 0.15) is 18.1 Å². The molecular formula is C17H19N7O2. The molecule has 2 rings (SSSR count). The average Bonchev–Trinajstić information content (AvgIpc) is 2.61. The topological polar surface area (TPSA) is 152 Å². The molecule has 0 bridgehead atoms. The molecule has 0 fully saturated rings. The minimum Gasteiger partial charge on any atom is -0.428 e. The second-order valence-corrected chi connectivity index (χ2v) is 5.58. The summed E-state index contributed by atoms with van der Waals surface area (Å²) in [5.41, 5.74) is 7.56. The van der Waals surface area contributed by atoms with Gasteiger partial charge < -0.3 is 15.4 Å². The molecule has 0 radical (unpaired) electrons. The monoisotopic (exact) mass is 353 g/mol. The van der Waals surface area contributed by atoms with Gasteiger partial charge in [-0.2, -0.15) is 0 Å². The Labute approximate surface area is 150 Å². The molecule has 9 heteroatoms. The SMILES string of the molecule is CC(=N)OC(=N)CN(C)c1cc(C(=N)c2cc(N=O)ccc2N)ccn1. The van der Waals surface area contributed by atoms with E-state index in [0.717, 1.165) is 0 Å². The van der Waals surface area contributed by atoms with E-state index in [2.05, 4.69) is 10.2 Å². The quantitative estimate of drug-likeness (QED) is 0.272. The number of anilines is 2. The van der Waals surface area contributed by atoms with Crippen molar-refractivity contribution in [3.05, 3.63) is 52.6 Å². The second-order valence-electron chi connectivity index (χ2n) is 5.58. The average molecular weight is 353 g/mol. The van der Waals surface area contributed by atoms with Crippen molar-refractivity contribution in [3.63, 3.8) is 0 Å². The fourth-order valence-electron chi connectivity index (χ4n) is 2.27. The highest BCUT2D eigenvalue weighted by molar-refractivity contribution is 6.14. The Bertz CT molecular complexity index is 879. The largest absolute Gasteiger partial charge is 0.428 e. The molecule has 1 aromatic heterocycles. The Hall–Kier alpha value is -3.62. The predicted molar refractivity (Wildman–Crippen MR) is 102 cm³/mol. The van der Waals surface area contributed by atoms with Gasteiger partial charge in [-0.1, -0.05) is 0 Å². The van der Waals surface area contributed by atoms with Crippen LogP contribution in [0.5, 0.6) is 0 Å². The van der Waals surface area contributed by atoms with Gasteiger partial charge in [0.25, 0.3) is 0 Å². The van der Waals surface area contributed by atoms with E-state index in [-0.39, 0.29) is 29.7 Å². The second kappa shape index (κ2) is 7.97. The third-order valence-electron chi connectivity index (χ3n) is 3.49. The molecule has 0 amide bonds. The summed E-state index contributed by atoms with van der Waals surface area (Å²) in [5.74, 6) is 0.369. The molecule has 0 aliphatic heterocycles. The van der Waals surface area contributed by atoms with Crippen LogP contribution < -0.4 is 10.6 Å². The predicted octanol–water partition coefficient (Wildman–Crippen LogP) is 2.91. The van der Waals surface area contributed by atoms with Gasteiger partial charge in [0.05, 0.1) is 12.3 Å². The number of ether oxygens (including phenoxy) is 1. The van der Waals surface area contributed by atoms with Crippen LogP contribution in [-0.4, -0.2) is 36.1 Å². The maximum Gasteiger partial charge on any atom is 0.208 e. The fourth-order valence-corrected chi connectivity index (χ4v) is 2.27. The van der Waals surface area contributed by atoms with Crippen LogP contribution in [0.4, 0.5) is 17.2 Å². The molecule has 134 valence electrons. The Balaban J connectivity index is 2.26. The highest BCUT2D eigenvalue weighted by Crippen LogP contribution is 2.23. The van der Waals surface area contributed by atoms with E-state index in [1.165, 1.54) is 25.1 Å². The van der Waals surface area contributed by atoms with Gasteiger partial charge in [0.2, 0.25) is 5.90 Å². The molecule has 0 unspecified atom stereocenters. The number of aromatic nitrogens is 1. The number of rotatable bonds is 6. The van der Waals surface area contributed by atoms with Gasteiger partial charge in [0.1, 0.15) is 11.5 Å². The van der Waals surface area contributed by atoms with Crippen LogP contribution in [0, 0.1) is 21.1 Å². The van der Waals surface area contributed by atoms with Gasteiger partial charge in [0, 0.05) is 37.0 Å². The van der Waals surface area contributed by atoms with E-state index in [4.69, 9.17) is 26.7 Å². The lowest BCUT2D eigenvalue weighted by atomic mass is 10.0. The van der Waals surface area contributed by atoms with Gasteiger partial charge in [-0.3, -0.25) is 16.2 Å². The molecular weight excluding hydrogens is 334 g/mol. The van der Waals surface area contributed by atoms with Gasteiger partial charge in [0.15, 0.2) is 5.90 Å². The number of nitroso groups, excluding NO2 is 1. The number of nitrogens with two attached hydrogens (primary N) is 1. The minimum atomic E-state index is -0.0868. The lowest BCUT2D eigenvalue weighted by Crippen LogP contribution is -2.28. The standard InChI is InChI=1S/C17H19N7O2/c1-10(18)26-15(20)9-24(2)16-7-11(5-6-22-16)17(21)13-8-12(23-25)3-4-14(13)19/h3-8,18,20-21H,9,19H2,1-2H3. The molecule has 0 atom stereocenters. The zero-order valence-electron chi connectivity index (χ0n) is 14.4. The summed E-state index contributed by atoms with van der Waals surface area (Å²) in [6, 6.07) is 7.82. The summed E-state index contributed by atoms with van der Waals surface area (Å²) in [7, 11) is 1.72. The number of nitrogens with zero attached hydrogens (tertiary/aromatic N) is 3. The zero-order chi connectivity index (χ0) is 19.3. The Morgan fingerprint density at radius 1 is 1.27 bits per heavy atom. The normalized spacial score (nSPS) is 10.1.